The van der Waals surface area contributed by atoms with Crippen LogP contribution < -0.4 is 5.32 Å². The summed E-state index contributed by atoms with van der Waals surface area (Å²) in [6.07, 6.45) is 4.12. The van der Waals surface area contributed by atoms with Crippen molar-refractivity contribution in [3.8, 4) is 0 Å². The lowest BCUT2D eigenvalue weighted by Crippen LogP contribution is -2.27. The molecule has 92 valence electrons. The summed E-state index contributed by atoms with van der Waals surface area (Å²) >= 11 is 1.97. The summed E-state index contributed by atoms with van der Waals surface area (Å²) in [4.78, 5) is 4.56. The quantitative estimate of drug-likeness (QED) is 0.853. The van der Waals surface area contributed by atoms with Gasteiger partial charge in [-0.15, -0.1) is 0 Å². The molecule has 0 aliphatic carbocycles. The Morgan fingerprint density at radius 2 is 2.35 bits per heavy atom. The molecule has 0 amide bonds. The second-order valence-corrected chi connectivity index (χ2v) is 5.46. The van der Waals surface area contributed by atoms with Crippen LogP contribution in [0.3, 0.4) is 0 Å². The molecule has 2 rings (SSSR count). The minimum Gasteiger partial charge on any atom is -0.308 e. The second kappa shape index (κ2) is 6.07. The Labute approximate surface area is 107 Å². The fraction of sp³-hybridized carbons (Fsp3) is 0.462. The van der Waals surface area contributed by atoms with Crippen LogP contribution in [-0.2, 0) is 6.54 Å². The van der Waals surface area contributed by atoms with Gasteiger partial charge in [-0.3, -0.25) is 0 Å². The van der Waals surface area contributed by atoms with Gasteiger partial charge in [0.25, 0.3) is 0 Å². The maximum Gasteiger partial charge on any atom is 0.137 e. The minimum atomic E-state index is 0.532. The SMILES string of the molecule is CCSC[C@H](C)NCc1cn2ccccc2n1. The number of thioether (sulfide) groups is 1. The van der Waals surface area contributed by atoms with Crippen molar-refractivity contribution in [2.24, 2.45) is 0 Å². The van der Waals surface area contributed by atoms with Crippen LogP contribution in [0.5, 0.6) is 0 Å². The van der Waals surface area contributed by atoms with E-state index in [1.165, 1.54) is 5.75 Å². The molecule has 2 aromatic heterocycles. The highest BCUT2D eigenvalue weighted by Crippen LogP contribution is 2.06. The zero-order valence-electron chi connectivity index (χ0n) is 10.4. The Bertz CT molecular complexity index is 433. The fourth-order valence-electron chi connectivity index (χ4n) is 1.70. The molecule has 2 heterocycles. The lowest BCUT2D eigenvalue weighted by molar-refractivity contribution is 0.590. The Kier molecular flexibility index (Phi) is 4.45. The highest BCUT2D eigenvalue weighted by Gasteiger charge is 2.04. The van der Waals surface area contributed by atoms with Gasteiger partial charge < -0.3 is 9.72 Å². The number of nitrogens with one attached hydrogen (secondary N) is 1. The third kappa shape index (κ3) is 3.48. The van der Waals surface area contributed by atoms with E-state index in [2.05, 4.69) is 34.7 Å². The van der Waals surface area contributed by atoms with E-state index in [9.17, 15) is 0 Å². The summed E-state index contributed by atoms with van der Waals surface area (Å²) in [5.74, 6) is 2.34. The zero-order chi connectivity index (χ0) is 12.1. The monoisotopic (exact) mass is 249 g/mol. The average Bonchev–Trinajstić information content (AvgIpc) is 2.76. The molecule has 0 saturated heterocycles. The molecule has 1 N–H and O–H groups in total. The van der Waals surface area contributed by atoms with Crippen molar-refractivity contribution in [3.05, 3.63) is 36.3 Å². The average molecular weight is 249 g/mol. The number of rotatable bonds is 6. The van der Waals surface area contributed by atoms with Crippen molar-refractivity contribution in [1.82, 2.24) is 14.7 Å². The van der Waals surface area contributed by atoms with E-state index in [4.69, 9.17) is 0 Å². The Hall–Kier alpha value is -1.00. The van der Waals surface area contributed by atoms with Gasteiger partial charge in [-0.2, -0.15) is 11.8 Å². The van der Waals surface area contributed by atoms with Crippen LogP contribution in [0.4, 0.5) is 0 Å². The summed E-state index contributed by atoms with van der Waals surface area (Å²) in [6, 6.07) is 6.59. The molecule has 0 fully saturated rings. The third-order valence-corrected chi connectivity index (χ3v) is 3.76. The van der Waals surface area contributed by atoms with Gasteiger partial charge in [0, 0.05) is 30.7 Å². The van der Waals surface area contributed by atoms with E-state index in [0.29, 0.717) is 6.04 Å². The van der Waals surface area contributed by atoms with E-state index in [1.807, 2.05) is 36.2 Å². The molecule has 3 nitrogen and oxygen atoms in total. The Morgan fingerprint density at radius 1 is 1.47 bits per heavy atom. The Morgan fingerprint density at radius 3 is 3.12 bits per heavy atom. The molecule has 0 radical (unpaired) electrons. The number of imidazole rings is 1. The lowest BCUT2D eigenvalue weighted by atomic mass is 10.3. The molecule has 0 aliphatic heterocycles. The highest BCUT2D eigenvalue weighted by molar-refractivity contribution is 7.99. The molecule has 0 aromatic carbocycles. The lowest BCUT2D eigenvalue weighted by Gasteiger charge is -2.11. The first-order chi connectivity index (χ1) is 8.29. The van der Waals surface area contributed by atoms with Crippen molar-refractivity contribution >= 4 is 17.4 Å². The van der Waals surface area contributed by atoms with Crippen molar-refractivity contribution in [2.45, 2.75) is 26.4 Å². The number of nitrogens with zero attached hydrogens (tertiary/aromatic N) is 2. The van der Waals surface area contributed by atoms with E-state index in [1.54, 1.807) is 0 Å². The van der Waals surface area contributed by atoms with Crippen LogP contribution in [0.2, 0.25) is 0 Å². The van der Waals surface area contributed by atoms with Gasteiger partial charge in [0.1, 0.15) is 5.65 Å². The molecule has 1 atom stereocenters. The fourth-order valence-corrected chi connectivity index (χ4v) is 2.41. The topological polar surface area (TPSA) is 29.3 Å². The molecule has 2 aromatic rings. The van der Waals surface area contributed by atoms with Crippen molar-refractivity contribution in [1.29, 1.82) is 0 Å². The van der Waals surface area contributed by atoms with Crippen LogP contribution in [0.1, 0.15) is 19.5 Å². The number of hydrogen-bond donors (Lipinski definition) is 1. The van der Waals surface area contributed by atoms with Gasteiger partial charge in [-0.05, 0) is 24.8 Å². The number of aromatic nitrogens is 2. The summed E-state index contributed by atoms with van der Waals surface area (Å²) in [7, 11) is 0. The van der Waals surface area contributed by atoms with Crippen LogP contribution in [-0.4, -0.2) is 26.9 Å². The first-order valence-corrected chi connectivity index (χ1v) is 7.19. The van der Waals surface area contributed by atoms with Gasteiger partial charge in [-0.1, -0.05) is 13.0 Å². The van der Waals surface area contributed by atoms with Gasteiger partial charge >= 0.3 is 0 Å². The molecule has 0 saturated carbocycles. The van der Waals surface area contributed by atoms with Crippen molar-refractivity contribution in [2.75, 3.05) is 11.5 Å². The van der Waals surface area contributed by atoms with Crippen molar-refractivity contribution < 1.29 is 0 Å². The van der Waals surface area contributed by atoms with Crippen molar-refractivity contribution in [3.63, 3.8) is 0 Å². The minimum absolute atomic E-state index is 0.532. The summed E-state index contributed by atoms with van der Waals surface area (Å²) in [5.41, 5.74) is 2.12. The number of fused-ring (bicyclic) bond motifs is 1. The van der Waals surface area contributed by atoms with Crippen LogP contribution in [0.25, 0.3) is 5.65 Å². The van der Waals surface area contributed by atoms with E-state index >= 15 is 0 Å². The molecule has 0 aliphatic rings. The normalized spacial score (nSPS) is 13.1. The summed E-state index contributed by atoms with van der Waals surface area (Å²) < 4.78 is 2.06. The molecule has 0 unspecified atom stereocenters. The molecule has 0 spiro atoms. The van der Waals surface area contributed by atoms with E-state index < -0.39 is 0 Å². The first-order valence-electron chi connectivity index (χ1n) is 6.03. The molecule has 0 bridgehead atoms. The number of hydrogen-bond acceptors (Lipinski definition) is 3. The molecule has 4 heteroatoms. The molecule has 17 heavy (non-hydrogen) atoms. The summed E-state index contributed by atoms with van der Waals surface area (Å²) in [5, 5.41) is 3.50. The van der Waals surface area contributed by atoms with Gasteiger partial charge in [0.15, 0.2) is 0 Å². The highest BCUT2D eigenvalue weighted by atomic mass is 32.2. The van der Waals surface area contributed by atoms with Gasteiger partial charge in [-0.25, -0.2) is 4.98 Å². The van der Waals surface area contributed by atoms with Crippen LogP contribution in [0, 0.1) is 0 Å². The zero-order valence-corrected chi connectivity index (χ0v) is 11.2. The van der Waals surface area contributed by atoms with E-state index in [-0.39, 0.29) is 0 Å². The number of pyridine rings is 1. The van der Waals surface area contributed by atoms with Gasteiger partial charge in [0.2, 0.25) is 0 Å². The first kappa shape index (κ1) is 12.5. The standard InChI is InChI=1S/C13H19N3S/c1-3-17-10-11(2)14-8-12-9-16-7-5-4-6-13(16)15-12/h4-7,9,11,14H,3,8,10H2,1-2H3/t11-/m0/s1. The molecular weight excluding hydrogens is 230 g/mol. The second-order valence-electron chi connectivity index (χ2n) is 4.14. The van der Waals surface area contributed by atoms with Gasteiger partial charge in [0.05, 0.1) is 5.69 Å². The predicted molar refractivity (Wildman–Crippen MR) is 74.5 cm³/mol. The predicted octanol–water partition coefficient (Wildman–Crippen LogP) is 2.57. The van der Waals surface area contributed by atoms with E-state index in [0.717, 1.165) is 23.6 Å². The maximum atomic E-state index is 4.56. The smallest absolute Gasteiger partial charge is 0.137 e. The Balaban J connectivity index is 1.90. The van der Waals surface area contributed by atoms with Crippen LogP contribution in [0.15, 0.2) is 30.6 Å². The third-order valence-electron chi connectivity index (χ3n) is 2.62. The maximum absolute atomic E-state index is 4.56. The van der Waals surface area contributed by atoms with Crippen LogP contribution >= 0.6 is 11.8 Å². The molecular formula is C13H19N3S. The summed E-state index contributed by atoms with van der Waals surface area (Å²) in [6.45, 7) is 5.26. The largest absolute Gasteiger partial charge is 0.308 e.